The van der Waals surface area contributed by atoms with E-state index in [-0.39, 0.29) is 18.3 Å². The van der Waals surface area contributed by atoms with Crippen LogP contribution in [0.2, 0.25) is 0 Å². The maximum atomic E-state index is 13.2. The zero-order chi connectivity index (χ0) is 12.1. The Bertz CT molecular complexity index is 380. The molecule has 0 atom stereocenters. The van der Waals surface area contributed by atoms with Crippen molar-refractivity contribution in [3.05, 3.63) is 29.8 Å². The first-order chi connectivity index (χ1) is 7.50. The van der Waals surface area contributed by atoms with Crippen LogP contribution < -0.4 is 10.6 Å². The van der Waals surface area contributed by atoms with Crippen molar-refractivity contribution < 1.29 is 13.6 Å². The predicted molar refractivity (Wildman–Crippen MR) is 58.1 cm³/mol. The lowest BCUT2D eigenvalue weighted by Crippen LogP contribution is -2.32. The zero-order valence-corrected chi connectivity index (χ0v) is 9.18. The summed E-state index contributed by atoms with van der Waals surface area (Å²) in [6.07, 6.45) is 0. The molecule has 0 aliphatic rings. The van der Waals surface area contributed by atoms with Gasteiger partial charge in [-0.05, 0) is 12.1 Å². The fourth-order valence-electron chi connectivity index (χ4n) is 1.09. The van der Waals surface area contributed by atoms with E-state index in [4.69, 9.17) is 0 Å². The van der Waals surface area contributed by atoms with Gasteiger partial charge in [-0.1, -0.05) is 19.9 Å². The van der Waals surface area contributed by atoms with Gasteiger partial charge in [0.2, 0.25) is 5.91 Å². The van der Waals surface area contributed by atoms with E-state index in [0.717, 1.165) is 6.07 Å². The van der Waals surface area contributed by atoms with E-state index in [9.17, 15) is 13.6 Å². The van der Waals surface area contributed by atoms with Gasteiger partial charge in [0.05, 0.1) is 12.2 Å². The first-order valence-electron chi connectivity index (χ1n) is 4.98. The predicted octanol–water partition coefficient (Wildman–Crippen LogP) is 1.90. The lowest BCUT2D eigenvalue weighted by molar-refractivity contribution is -0.115. The van der Waals surface area contributed by atoms with Gasteiger partial charge in [-0.15, -0.1) is 0 Å². The second-order valence-corrected chi connectivity index (χ2v) is 3.69. The van der Waals surface area contributed by atoms with Crippen molar-refractivity contribution in [2.24, 2.45) is 0 Å². The first-order valence-corrected chi connectivity index (χ1v) is 4.98. The molecule has 1 rings (SSSR count). The van der Waals surface area contributed by atoms with Gasteiger partial charge in [-0.25, -0.2) is 8.78 Å². The van der Waals surface area contributed by atoms with E-state index in [0.29, 0.717) is 0 Å². The maximum Gasteiger partial charge on any atom is 0.238 e. The fraction of sp³-hybridized carbons (Fsp3) is 0.364. The number of amides is 1. The summed E-state index contributed by atoms with van der Waals surface area (Å²) in [7, 11) is 0. The second kappa shape index (κ2) is 5.55. The molecular formula is C11H14F2N2O. The largest absolute Gasteiger partial charge is 0.322 e. The van der Waals surface area contributed by atoms with Gasteiger partial charge in [0.1, 0.15) is 0 Å². The Morgan fingerprint density at radius 1 is 1.38 bits per heavy atom. The summed E-state index contributed by atoms with van der Waals surface area (Å²) < 4.78 is 26.0. The molecular weight excluding hydrogens is 214 g/mol. The van der Waals surface area contributed by atoms with Crippen molar-refractivity contribution in [3.63, 3.8) is 0 Å². The zero-order valence-electron chi connectivity index (χ0n) is 9.18. The monoisotopic (exact) mass is 228 g/mol. The third-order valence-electron chi connectivity index (χ3n) is 1.90. The standard InChI is InChI=1S/C11H14F2N2O/c1-7(2)14-6-10(16)15-9-5-3-4-8(12)11(9)13/h3-5,7,14H,6H2,1-2H3,(H,15,16). The number of anilines is 1. The molecule has 0 spiro atoms. The summed E-state index contributed by atoms with van der Waals surface area (Å²) in [5.74, 6) is -2.42. The molecule has 0 saturated heterocycles. The number of nitrogens with one attached hydrogen (secondary N) is 2. The molecule has 88 valence electrons. The highest BCUT2D eigenvalue weighted by molar-refractivity contribution is 5.92. The van der Waals surface area contributed by atoms with E-state index in [1.165, 1.54) is 12.1 Å². The average Bonchev–Trinajstić information content (AvgIpc) is 2.22. The molecule has 1 amide bonds. The van der Waals surface area contributed by atoms with Gasteiger partial charge in [-0.2, -0.15) is 0 Å². The maximum absolute atomic E-state index is 13.2. The number of benzene rings is 1. The number of halogens is 2. The van der Waals surface area contributed by atoms with Crippen LogP contribution in [-0.4, -0.2) is 18.5 Å². The molecule has 2 N–H and O–H groups in total. The van der Waals surface area contributed by atoms with Gasteiger partial charge in [0.25, 0.3) is 0 Å². The van der Waals surface area contributed by atoms with Gasteiger partial charge in [-0.3, -0.25) is 4.79 Å². The molecule has 0 heterocycles. The third kappa shape index (κ3) is 3.58. The minimum atomic E-state index is -1.04. The lowest BCUT2D eigenvalue weighted by Gasteiger charge is -2.09. The summed E-state index contributed by atoms with van der Waals surface area (Å²) in [5.41, 5.74) is -0.143. The average molecular weight is 228 g/mol. The van der Waals surface area contributed by atoms with E-state index in [1.807, 2.05) is 13.8 Å². The number of hydrogen-bond donors (Lipinski definition) is 2. The molecule has 0 saturated carbocycles. The number of rotatable bonds is 4. The van der Waals surface area contributed by atoms with Gasteiger partial charge in [0, 0.05) is 6.04 Å². The molecule has 3 nitrogen and oxygen atoms in total. The SMILES string of the molecule is CC(C)NCC(=O)Nc1cccc(F)c1F. The normalized spacial score (nSPS) is 10.6. The van der Waals surface area contributed by atoms with Gasteiger partial charge < -0.3 is 10.6 Å². The lowest BCUT2D eigenvalue weighted by atomic mass is 10.3. The highest BCUT2D eigenvalue weighted by atomic mass is 19.2. The van der Waals surface area contributed by atoms with E-state index < -0.39 is 17.5 Å². The van der Waals surface area contributed by atoms with Crippen LogP contribution in [0.15, 0.2) is 18.2 Å². The molecule has 0 aromatic heterocycles. The third-order valence-corrected chi connectivity index (χ3v) is 1.90. The number of carbonyl (C=O) groups is 1. The Balaban J connectivity index is 2.59. The molecule has 0 aliphatic heterocycles. The summed E-state index contributed by atoms with van der Waals surface area (Å²) in [6, 6.07) is 3.80. The molecule has 0 unspecified atom stereocenters. The number of carbonyl (C=O) groups excluding carboxylic acids is 1. The quantitative estimate of drug-likeness (QED) is 0.826. The van der Waals surface area contributed by atoms with Crippen LogP contribution in [0.4, 0.5) is 14.5 Å². The minimum Gasteiger partial charge on any atom is -0.322 e. The van der Waals surface area contributed by atoms with Crippen molar-refractivity contribution in [3.8, 4) is 0 Å². The summed E-state index contributed by atoms with van der Waals surface area (Å²) in [6.45, 7) is 3.83. The van der Waals surface area contributed by atoms with E-state index in [2.05, 4.69) is 10.6 Å². The first kappa shape index (κ1) is 12.6. The molecule has 0 fully saturated rings. The Kier molecular flexibility index (Phi) is 4.37. The Hall–Kier alpha value is -1.49. The fourth-order valence-corrected chi connectivity index (χ4v) is 1.09. The van der Waals surface area contributed by atoms with E-state index in [1.54, 1.807) is 0 Å². The Morgan fingerprint density at radius 3 is 2.69 bits per heavy atom. The van der Waals surface area contributed by atoms with Crippen LogP contribution in [0.25, 0.3) is 0 Å². The van der Waals surface area contributed by atoms with Crippen LogP contribution >= 0.6 is 0 Å². The van der Waals surface area contributed by atoms with Crippen molar-refractivity contribution in [1.82, 2.24) is 5.32 Å². The molecule has 16 heavy (non-hydrogen) atoms. The van der Waals surface area contributed by atoms with Crippen molar-refractivity contribution >= 4 is 11.6 Å². The highest BCUT2D eigenvalue weighted by Crippen LogP contribution is 2.16. The van der Waals surface area contributed by atoms with Gasteiger partial charge in [0.15, 0.2) is 11.6 Å². The molecule has 1 aromatic carbocycles. The van der Waals surface area contributed by atoms with Gasteiger partial charge >= 0.3 is 0 Å². The molecule has 0 radical (unpaired) electrons. The Labute approximate surface area is 92.8 Å². The summed E-state index contributed by atoms with van der Waals surface area (Å²) in [4.78, 5) is 11.3. The topological polar surface area (TPSA) is 41.1 Å². The van der Waals surface area contributed by atoms with Crippen molar-refractivity contribution in [1.29, 1.82) is 0 Å². The molecule has 1 aromatic rings. The molecule has 0 aliphatic carbocycles. The summed E-state index contributed by atoms with van der Waals surface area (Å²) in [5, 5.41) is 5.16. The van der Waals surface area contributed by atoms with Crippen molar-refractivity contribution in [2.75, 3.05) is 11.9 Å². The second-order valence-electron chi connectivity index (χ2n) is 3.69. The number of hydrogen-bond acceptors (Lipinski definition) is 2. The minimum absolute atomic E-state index is 0.0631. The van der Waals surface area contributed by atoms with Crippen molar-refractivity contribution in [2.45, 2.75) is 19.9 Å². The highest BCUT2D eigenvalue weighted by Gasteiger charge is 2.10. The van der Waals surface area contributed by atoms with Crippen LogP contribution in [0.5, 0.6) is 0 Å². The van der Waals surface area contributed by atoms with Crippen LogP contribution in [0, 0.1) is 11.6 Å². The molecule has 0 bridgehead atoms. The van der Waals surface area contributed by atoms with Crippen LogP contribution in [-0.2, 0) is 4.79 Å². The Morgan fingerprint density at radius 2 is 2.06 bits per heavy atom. The smallest absolute Gasteiger partial charge is 0.238 e. The van der Waals surface area contributed by atoms with Crippen LogP contribution in [0.3, 0.4) is 0 Å². The van der Waals surface area contributed by atoms with Crippen LogP contribution in [0.1, 0.15) is 13.8 Å². The molecule has 5 heteroatoms. The summed E-state index contributed by atoms with van der Waals surface area (Å²) >= 11 is 0. The van der Waals surface area contributed by atoms with E-state index >= 15 is 0 Å².